The summed E-state index contributed by atoms with van der Waals surface area (Å²) in [5, 5.41) is 0.628. The van der Waals surface area contributed by atoms with Crippen LogP contribution in [0.15, 0.2) is 35.4 Å². The highest BCUT2D eigenvalue weighted by Crippen LogP contribution is 2.35. The number of halogens is 2. The van der Waals surface area contributed by atoms with Gasteiger partial charge in [0.1, 0.15) is 10.6 Å². The zero-order valence-electron chi connectivity index (χ0n) is 15.2. The van der Waals surface area contributed by atoms with Crippen molar-refractivity contribution in [2.24, 2.45) is 5.92 Å². The van der Waals surface area contributed by atoms with Crippen molar-refractivity contribution < 1.29 is 18.3 Å². The topological polar surface area (TPSA) is 61.2 Å². The highest BCUT2D eigenvalue weighted by Gasteiger charge is 2.23. The lowest BCUT2D eigenvalue weighted by Gasteiger charge is -2.17. The van der Waals surface area contributed by atoms with Crippen molar-refractivity contribution >= 4 is 27.3 Å². The number of carbonyl (C=O) groups excluding carboxylic acids is 1. The molecule has 8 heteroatoms. The molecule has 3 aromatic rings. The molecule has 1 aliphatic rings. The van der Waals surface area contributed by atoms with Crippen molar-refractivity contribution in [1.29, 1.82) is 0 Å². The molecule has 1 aromatic carbocycles. The van der Waals surface area contributed by atoms with Crippen LogP contribution < -0.4 is 10.3 Å². The Hall–Kier alpha value is -2.61. The number of ether oxygens (including phenoxy) is 1. The summed E-state index contributed by atoms with van der Waals surface area (Å²) in [5.41, 5.74) is 1.18. The van der Waals surface area contributed by atoms with Crippen molar-refractivity contribution in [3.8, 4) is 5.75 Å². The van der Waals surface area contributed by atoms with E-state index in [1.54, 1.807) is 11.3 Å². The molecule has 5 nitrogen and oxygen atoms in total. The number of alkyl halides is 2. The van der Waals surface area contributed by atoms with E-state index in [1.807, 2.05) is 0 Å². The second kappa shape index (κ2) is 7.43. The second-order valence-corrected chi connectivity index (χ2v) is 8.12. The number of Topliss-reactive ketones (excluding diaryl/α,β-unsaturated/α-hetero) is 1. The molecule has 146 valence electrons. The van der Waals surface area contributed by atoms with Crippen molar-refractivity contribution in [2.75, 3.05) is 0 Å². The maximum Gasteiger partial charge on any atom is 0.387 e. The predicted molar refractivity (Wildman–Crippen MR) is 102 cm³/mol. The molecule has 28 heavy (non-hydrogen) atoms. The van der Waals surface area contributed by atoms with Crippen LogP contribution in [0, 0.1) is 5.92 Å². The van der Waals surface area contributed by atoms with Crippen LogP contribution in [0.5, 0.6) is 5.75 Å². The molecule has 0 aliphatic heterocycles. The van der Waals surface area contributed by atoms with Gasteiger partial charge in [-0.15, -0.1) is 11.3 Å². The molecule has 2 aromatic heterocycles. The molecular formula is C20H18F2N2O3S. The van der Waals surface area contributed by atoms with Gasteiger partial charge in [0.15, 0.2) is 5.78 Å². The van der Waals surface area contributed by atoms with Crippen LogP contribution in [0.3, 0.4) is 0 Å². The number of benzene rings is 1. The lowest BCUT2D eigenvalue weighted by molar-refractivity contribution is -0.0498. The molecule has 1 atom stereocenters. The van der Waals surface area contributed by atoms with E-state index in [-0.39, 0.29) is 23.6 Å². The molecule has 0 bridgehead atoms. The van der Waals surface area contributed by atoms with Crippen LogP contribution in [0.25, 0.3) is 10.2 Å². The second-order valence-electron chi connectivity index (χ2n) is 7.04. The number of thiophene rings is 1. The summed E-state index contributed by atoms with van der Waals surface area (Å²) in [4.78, 5) is 31.8. The van der Waals surface area contributed by atoms with Gasteiger partial charge in [-0.3, -0.25) is 14.2 Å². The monoisotopic (exact) mass is 404 g/mol. The van der Waals surface area contributed by atoms with Gasteiger partial charge in [-0.1, -0.05) is 6.92 Å². The molecule has 0 fully saturated rings. The Labute approximate surface area is 163 Å². The molecule has 0 N–H and O–H groups in total. The molecule has 0 unspecified atom stereocenters. The summed E-state index contributed by atoms with van der Waals surface area (Å²) in [6.45, 7) is -0.870. The number of rotatable bonds is 5. The van der Waals surface area contributed by atoms with Crippen molar-refractivity contribution in [3.63, 3.8) is 0 Å². The van der Waals surface area contributed by atoms with Crippen molar-refractivity contribution in [1.82, 2.24) is 9.55 Å². The van der Waals surface area contributed by atoms with E-state index in [0.29, 0.717) is 16.9 Å². The van der Waals surface area contributed by atoms with Crippen LogP contribution in [-0.2, 0) is 19.4 Å². The minimum absolute atomic E-state index is 0.0223. The molecule has 2 heterocycles. The minimum atomic E-state index is -2.92. The van der Waals surface area contributed by atoms with E-state index in [9.17, 15) is 18.4 Å². The number of ketones is 1. The summed E-state index contributed by atoms with van der Waals surface area (Å²) in [6, 6.07) is 5.43. The number of fused-ring (bicyclic) bond motifs is 3. The van der Waals surface area contributed by atoms with E-state index >= 15 is 0 Å². The Bertz CT molecular complexity index is 1090. The zero-order valence-corrected chi connectivity index (χ0v) is 16.0. The van der Waals surface area contributed by atoms with Gasteiger partial charge in [0.2, 0.25) is 0 Å². The average molecular weight is 404 g/mol. The summed E-state index contributed by atoms with van der Waals surface area (Å²) in [7, 11) is 0. The molecule has 0 saturated carbocycles. The van der Waals surface area contributed by atoms with Gasteiger partial charge in [0.05, 0.1) is 18.3 Å². The van der Waals surface area contributed by atoms with Gasteiger partial charge in [-0.05, 0) is 55.0 Å². The Morgan fingerprint density at radius 3 is 2.82 bits per heavy atom. The number of carbonyl (C=O) groups is 1. The quantitative estimate of drug-likeness (QED) is 0.602. The Kier molecular flexibility index (Phi) is 4.97. The molecule has 0 radical (unpaired) electrons. The normalized spacial score (nSPS) is 16.4. The first kappa shape index (κ1) is 18.7. The maximum atomic E-state index is 13.0. The fraction of sp³-hybridized carbons (Fsp3) is 0.350. The fourth-order valence-electron chi connectivity index (χ4n) is 3.55. The average Bonchev–Trinajstić information content (AvgIpc) is 3.02. The first-order chi connectivity index (χ1) is 13.4. The van der Waals surface area contributed by atoms with Crippen LogP contribution >= 0.6 is 11.3 Å². The van der Waals surface area contributed by atoms with Crippen LogP contribution in [-0.4, -0.2) is 21.9 Å². The first-order valence-corrected chi connectivity index (χ1v) is 9.81. The van der Waals surface area contributed by atoms with E-state index in [1.165, 1.54) is 40.0 Å². The third kappa shape index (κ3) is 3.56. The van der Waals surface area contributed by atoms with Crippen LogP contribution in [0.1, 0.15) is 34.1 Å². The van der Waals surface area contributed by atoms with Crippen LogP contribution in [0.2, 0.25) is 0 Å². The van der Waals surface area contributed by atoms with Gasteiger partial charge in [0, 0.05) is 10.4 Å². The van der Waals surface area contributed by atoms with Gasteiger partial charge in [-0.2, -0.15) is 8.78 Å². The summed E-state index contributed by atoms with van der Waals surface area (Å²) >= 11 is 1.56. The zero-order chi connectivity index (χ0) is 19.8. The smallest absolute Gasteiger partial charge is 0.387 e. The number of aromatic nitrogens is 2. The molecule has 0 spiro atoms. The number of aryl methyl sites for hydroxylation is 1. The minimum Gasteiger partial charge on any atom is -0.435 e. The molecule has 4 rings (SSSR count). The molecule has 1 aliphatic carbocycles. The number of nitrogens with zero attached hydrogens (tertiary/aromatic N) is 2. The number of hydrogen-bond acceptors (Lipinski definition) is 5. The van der Waals surface area contributed by atoms with E-state index in [0.717, 1.165) is 29.7 Å². The van der Waals surface area contributed by atoms with Gasteiger partial charge in [-0.25, -0.2) is 4.98 Å². The Morgan fingerprint density at radius 1 is 1.36 bits per heavy atom. The molecule has 0 saturated heterocycles. The highest BCUT2D eigenvalue weighted by molar-refractivity contribution is 7.18. The molecule has 0 amide bonds. The molecular weight excluding hydrogens is 386 g/mol. The summed E-state index contributed by atoms with van der Waals surface area (Å²) in [6.07, 6.45) is 4.26. The Balaban J connectivity index is 1.60. The van der Waals surface area contributed by atoms with Gasteiger partial charge in [0.25, 0.3) is 5.56 Å². The van der Waals surface area contributed by atoms with Crippen LogP contribution in [0.4, 0.5) is 8.78 Å². The van der Waals surface area contributed by atoms with E-state index in [2.05, 4.69) is 16.6 Å². The standard InChI is InChI=1S/C20H18F2N2O3S/c1-11-2-7-14-16(8-11)28-18-17(14)19(26)24(10-23-18)9-15(25)12-3-5-13(6-4-12)27-20(21)22/h3-6,10-11,20H,2,7-9H2,1H3/t11-/m0/s1. The Morgan fingerprint density at radius 2 is 2.11 bits per heavy atom. The van der Waals surface area contributed by atoms with Crippen molar-refractivity contribution in [2.45, 2.75) is 39.3 Å². The lowest BCUT2D eigenvalue weighted by Crippen LogP contribution is -2.25. The largest absolute Gasteiger partial charge is 0.435 e. The predicted octanol–water partition coefficient (Wildman–Crippen LogP) is 4.07. The first-order valence-electron chi connectivity index (χ1n) is 9.00. The maximum absolute atomic E-state index is 13.0. The lowest BCUT2D eigenvalue weighted by atomic mass is 9.89. The van der Waals surface area contributed by atoms with E-state index < -0.39 is 6.61 Å². The third-order valence-corrected chi connectivity index (χ3v) is 6.16. The summed E-state index contributed by atoms with van der Waals surface area (Å²) in [5.74, 6) is 0.275. The SMILES string of the molecule is C[C@H]1CCc2c(sc3ncn(CC(=O)c4ccc(OC(F)F)cc4)c(=O)c23)C1. The number of hydrogen-bond donors (Lipinski definition) is 0. The summed E-state index contributed by atoms with van der Waals surface area (Å²) < 4.78 is 30.0. The fourth-order valence-corrected chi connectivity index (χ4v) is 4.89. The van der Waals surface area contributed by atoms with Crippen molar-refractivity contribution in [3.05, 3.63) is 57.0 Å². The van der Waals surface area contributed by atoms with Gasteiger partial charge >= 0.3 is 6.61 Å². The van der Waals surface area contributed by atoms with E-state index in [4.69, 9.17) is 0 Å². The third-order valence-electron chi connectivity index (χ3n) is 5.00. The highest BCUT2D eigenvalue weighted by atomic mass is 32.1. The van der Waals surface area contributed by atoms with Gasteiger partial charge < -0.3 is 4.74 Å².